The predicted molar refractivity (Wildman–Crippen MR) is 171 cm³/mol. The van der Waals surface area contributed by atoms with Crippen molar-refractivity contribution < 1.29 is 4.74 Å². The summed E-state index contributed by atoms with van der Waals surface area (Å²) < 4.78 is 8.79. The van der Waals surface area contributed by atoms with Gasteiger partial charge in [-0.05, 0) is 76.6 Å². The zero-order valence-corrected chi connectivity index (χ0v) is 25.4. The van der Waals surface area contributed by atoms with Crippen LogP contribution in [-0.4, -0.2) is 28.2 Å². The van der Waals surface area contributed by atoms with Gasteiger partial charge in [-0.15, -0.1) is 0 Å². The summed E-state index contributed by atoms with van der Waals surface area (Å²) in [5.74, 6) is 2.37. The topological polar surface area (TPSA) is 57.3 Å². The molecule has 212 valence electrons. The van der Waals surface area contributed by atoms with Crippen molar-refractivity contribution in [1.82, 2.24) is 14.5 Å². The van der Waals surface area contributed by atoms with Crippen molar-refractivity contribution in [2.24, 2.45) is 0 Å². The first-order valence-corrected chi connectivity index (χ1v) is 14.3. The minimum Gasteiger partial charge on any atom is -0.457 e. The Morgan fingerprint density at radius 2 is 1.55 bits per heavy atom. The number of anilines is 1. The molecule has 0 unspecified atom stereocenters. The van der Waals surface area contributed by atoms with Crippen LogP contribution in [0.1, 0.15) is 58.2 Å². The molecule has 0 amide bonds. The molecule has 42 heavy (non-hydrogen) atoms. The van der Waals surface area contributed by atoms with E-state index in [0.29, 0.717) is 5.56 Å². The van der Waals surface area contributed by atoms with Gasteiger partial charge in [-0.1, -0.05) is 41.5 Å². The Morgan fingerprint density at radius 1 is 0.762 bits per heavy atom. The number of rotatable bonds is 4. The lowest BCUT2D eigenvalue weighted by Gasteiger charge is -2.25. The van der Waals surface area contributed by atoms with Crippen LogP contribution in [0.5, 0.6) is 11.5 Å². The molecule has 1 aliphatic heterocycles. The Labute approximate surface area is 248 Å². The summed E-state index contributed by atoms with van der Waals surface area (Å²) >= 11 is 0. The lowest BCUT2D eigenvalue weighted by atomic mass is 9.86. The molecule has 5 aromatic rings. The van der Waals surface area contributed by atoms with Gasteiger partial charge in [-0.2, -0.15) is 5.26 Å². The molecule has 0 atom stereocenters. The molecule has 0 radical (unpaired) electrons. The van der Waals surface area contributed by atoms with Crippen LogP contribution in [-0.2, 0) is 10.8 Å². The fourth-order valence-electron chi connectivity index (χ4n) is 5.46. The highest BCUT2D eigenvalue weighted by atomic mass is 16.5. The quantitative estimate of drug-likeness (QED) is 0.222. The van der Waals surface area contributed by atoms with E-state index in [1.165, 1.54) is 11.1 Å². The molecule has 3 heterocycles. The van der Waals surface area contributed by atoms with Gasteiger partial charge < -0.3 is 14.5 Å². The Kier molecular flexibility index (Phi) is 6.50. The molecule has 3 aromatic carbocycles. The summed E-state index contributed by atoms with van der Waals surface area (Å²) in [5, 5.41) is 11.7. The van der Waals surface area contributed by atoms with E-state index >= 15 is 0 Å². The third-order valence-corrected chi connectivity index (χ3v) is 7.91. The summed E-state index contributed by atoms with van der Waals surface area (Å²) in [6.07, 6.45) is 6.06. The maximum atomic E-state index is 9.62. The molecular weight excluding hydrogens is 518 g/mol. The molecular formula is C36H37N5O. The molecule has 6 rings (SSSR count). The fraction of sp³-hybridized carbons (Fsp3) is 0.278. The van der Waals surface area contributed by atoms with E-state index in [1.54, 1.807) is 0 Å². The summed E-state index contributed by atoms with van der Waals surface area (Å²) in [6.45, 7) is 14.1. The summed E-state index contributed by atoms with van der Waals surface area (Å²) in [4.78, 5) is 9.17. The SMILES string of the molecule is CN1C=CN(c2cc(Oc3ccc4c5cc(C#N)ccc5n(-c5cc(C(C)(C)C)ccn5)c4c3)cc(C(C)(C)C)c2)C1. The van der Waals surface area contributed by atoms with Crippen LogP contribution in [0.15, 0.2) is 85.3 Å². The second-order valence-corrected chi connectivity index (χ2v) is 13.2. The molecule has 6 nitrogen and oxygen atoms in total. The molecule has 1 aliphatic rings. The average Bonchev–Trinajstić information content (AvgIpc) is 3.52. The monoisotopic (exact) mass is 555 g/mol. The highest BCUT2D eigenvalue weighted by Crippen LogP contribution is 2.38. The zero-order chi connectivity index (χ0) is 29.8. The fourth-order valence-corrected chi connectivity index (χ4v) is 5.46. The van der Waals surface area contributed by atoms with Gasteiger partial charge in [0.15, 0.2) is 0 Å². The number of hydrogen-bond acceptors (Lipinski definition) is 5. The summed E-state index contributed by atoms with van der Waals surface area (Å²) in [5.41, 5.74) is 6.06. The van der Waals surface area contributed by atoms with Gasteiger partial charge in [0.25, 0.3) is 0 Å². The van der Waals surface area contributed by atoms with Crippen molar-refractivity contribution in [3.05, 3.63) is 102 Å². The van der Waals surface area contributed by atoms with E-state index in [0.717, 1.165) is 51.5 Å². The number of hydrogen-bond donors (Lipinski definition) is 0. The molecule has 2 aromatic heterocycles. The average molecular weight is 556 g/mol. The number of aromatic nitrogens is 2. The summed E-state index contributed by atoms with van der Waals surface area (Å²) in [6, 6.07) is 25.0. The van der Waals surface area contributed by atoms with Crippen LogP contribution in [0, 0.1) is 11.3 Å². The van der Waals surface area contributed by atoms with Crippen LogP contribution in [0.4, 0.5) is 5.69 Å². The van der Waals surface area contributed by atoms with E-state index in [1.807, 2.05) is 30.5 Å². The third-order valence-electron chi connectivity index (χ3n) is 7.91. The molecule has 6 heteroatoms. The summed E-state index contributed by atoms with van der Waals surface area (Å²) in [7, 11) is 2.07. The smallest absolute Gasteiger partial charge is 0.137 e. The predicted octanol–water partition coefficient (Wildman–Crippen LogP) is 8.62. The standard InChI is InChI=1S/C36H37N5O/c1-35(2,3)25-12-13-38-34(19-25)41-32-11-8-24(22-37)16-31(32)30-10-9-28(21-33(30)41)42-29-18-26(36(4,5)6)17-27(20-29)40-15-14-39(7)23-40/h8-21H,23H2,1-7H3. The molecule has 0 fully saturated rings. The third kappa shape index (κ3) is 5.07. The Bertz CT molecular complexity index is 1900. The van der Waals surface area contributed by atoms with Crippen molar-refractivity contribution in [2.45, 2.75) is 52.4 Å². The minimum atomic E-state index is -0.0397. The molecule has 0 N–H and O–H groups in total. The van der Waals surface area contributed by atoms with Gasteiger partial charge >= 0.3 is 0 Å². The van der Waals surface area contributed by atoms with Crippen molar-refractivity contribution in [1.29, 1.82) is 5.26 Å². The molecule has 0 spiro atoms. The normalized spacial score (nSPS) is 13.8. The van der Waals surface area contributed by atoms with Gasteiger partial charge in [-0.3, -0.25) is 4.57 Å². The van der Waals surface area contributed by atoms with Crippen molar-refractivity contribution in [3.63, 3.8) is 0 Å². The first-order chi connectivity index (χ1) is 19.9. The number of fused-ring (bicyclic) bond motifs is 3. The van der Waals surface area contributed by atoms with Gasteiger partial charge in [0.2, 0.25) is 0 Å². The lowest BCUT2D eigenvalue weighted by molar-refractivity contribution is 0.477. The van der Waals surface area contributed by atoms with E-state index < -0.39 is 0 Å². The lowest BCUT2D eigenvalue weighted by Crippen LogP contribution is -2.22. The van der Waals surface area contributed by atoms with Gasteiger partial charge in [-0.25, -0.2) is 4.98 Å². The number of pyridine rings is 1. The highest BCUT2D eigenvalue weighted by molar-refractivity contribution is 6.10. The number of nitrogens with zero attached hydrogens (tertiary/aromatic N) is 5. The maximum Gasteiger partial charge on any atom is 0.137 e. The van der Waals surface area contributed by atoms with Crippen LogP contribution < -0.4 is 9.64 Å². The largest absolute Gasteiger partial charge is 0.457 e. The molecule has 0 saturated carbocycles. The van der Waals surface area contributed by atoms with Crippen LogP contribution >= 0.6 is 0 Å². The van der Waals surface area contributed by atoms with E-state index in [-0.39, 0.29) is 10.8 Å². The number of ether oxygens (including phenoxy) is 1. The van der Waals surface area contributed by atoms with E-state index in [2.05, 4.69) is 124 Å². The van der Waals surface area contributed by atoms with E-state index in [4.69, 9.17) is 9.72 Å². The van der Waals surface area contributed by atoms with E-state index in [9.17, 15) is 5.26 Å². The second-order valence-electron chi connectivity index (χ2n) is 13.2. The maximum absolute atomic E-state index is 9.62. The Morgan fingerprint density at radius 3 is 2.24 bits per heavy atom. The molecule has 0 bridgehead atoms. The van der Waals surface area contributed by atoms with Crippen LogP contribution in [0.2, 0.25) is 0 Å². The molecule has 0 saturated heterocycles. The van der Waals surface area contributed by atoms with Gasteiger partial charge in [0.05, 0.1) is 29.3 Å². The Balaban J connectivity index is 1.50. The zero-order valence-electron chi connectivity index (χ0n) is 25.4. The van der Waals surface area contributed by atoms with Gasteiger partial charge in [0.1, 0.15) is 17.3 Å². The second kappa shape index (κ2) is 9.95. The number of benzene rings is 3. The van der Waals surface area contributed by atoms with Crippen molar-refractivity contribution in [2.75, 3.05) is 18.6 Å². The number of nitriles is 1. The first kappa shape index (κ1) is 27.4. The van der Waals surface area contributed by atoms with Crippen molar-refractivity contribution in [3.8, 4) is 23.4 Å². The minimum absolute atomic E-state index is 0.0200. The van der Waals surface area contributed by atoms with Crippen LogP contribution in [0.3, 0.4) is 0 Å². The van der Waals surface area contributed by atoms with Crippen LogP contribution in [0.25, 0.3) is 27.6 Å². The highest BCUT2D eigenvalue weighted by Gasteiger charge is 2.21. The first-order valence-electron chi connectivity index (χ1n) is 14.3. The Hall–Kier alpha value is -4.76. The van der Waals surface area contributed by atoms with Gasteiger partial charge in [0, 0.05) is 54.2 Å². The molecule has 0 aliphatic carbocycles. The van der Waals surface area contributed by atoms with Crippen molar-refractivity contribution >= 4 is 27.5 Å².